The van der Waals surface area contributed by atoms with Gasteiger partial charge in [-0.2, -0.15) is 0 Å². The quantitative estimate of drug-likeness (QED) is 0.914. The van der Waals surface area contributed by atoms with Crippen LogP contribution in [-0.4, -0.2) is 19.1 Å². The van der Waals surface area contributed by atoms with E-state index in [1.54, 1.807) is 0 Å². The van der Waals surface area contributed by atoms with Crippen LogP contribution in [0.2, 0.25) is 0 Å². The molecule has 5 heteroatoms. The van der Waals surface area contributed by atoms with Crippen molar-refractivity contribution in [3.8, 4) is 5.75 Å². The van der Waals surface area contributed by atoms with Crippen molar-refractivity contribution in [3.63, 3.8) is 0 Å². The van der Waals surface area contributed by atoms with E-state index in [9.17, 15) is 9.18 Å². The number of amides is 1. The van der Waals surface area contributed by atoms with Crippen LogP contribution in [-0.2, 0) is 4.79 Å². The Balaban J connectivity index is 2.57. The van der Waals surface area contributed by atoms with Crippen molar-refractivity contribution in [1.82, 2.24) is 5.32 Å². The molecule has 0 saturated carbocycles. The molecule has 0 bridgehead atoms. The first-order valence-electron chi connectivity index (χ1n) is 4.48. The van der Waals surface area contributed by atoms with E-state index in [0.29, 0.717) is 16.8 Å². The normalized spacial score (nSPS) is 9.80. The van der Waals surface area contributed by atoms with Gasteiger partial charge in [0.05, 0.1) is 4.47 Å². The molecule has 0 atom stereocenters. The lowest BCUT2D eigenvalue weighted by Crippen LogP contribution is -2.28. The zero-order valence-electron chi connectivity index (χ0n) is 8.22. The van der Waals surface area contributed by atoms with Crippen LogP contribution < -0.4 is 10.1 Å². The number of carbonyl (C=O) groups excluding carboxylic acids is 1. The fourth-order valence-electron chi connectivity index (χ4n) is 0.979. The Bertz CT molecular complexity index is 357. The Kier molecular flexibility index (Phi) is 4.55. The number of rotatable bonds is 4. The van der Waals surface area contributed by atoms with Crippen LogP contribution in [0.1, 0.15) is 6.92 Å². The van der Waals surface area contributed by atoms with Gasteiger partial charge in [-0.3, -0.25) is 4.79 Å². The molecule has 0 fully saturated rings. The average molecular weight is 276 g/mol. The van der Waals surface area contributed by atoms with Crippen molar-refractivity contribution in [2.45, 2.75) is 6.92 Å². The number of halogens is 2. The first kappa shape index (κ1) is 12.0. The fourth-order valence-corrected chi connectivity index (χ4v) is 1.34. The molecular weight excluding hydrogens is 265 g/mol. The number of carbonyl (C=O) groups is 1. The third-order valence-corrected chi connectivity index (χ3v) is 2.28. The maximum atomic E-state index is 12.8. The Morgan fingerprint density at radius 3 is 3.00 bits per heavy atom. The van der Waals surface area contributed by atoms with E-state index in [0.717, 1.165) is 0 Å². The van der Waals surface area contributed by atoms with Crippen LogP contribution in [0.3, 0.4) is 0 Å². The van der Waals surface area contributed by atoms with Crippen LogP contribution in [0, 0.1) is 5.82 Å². The largest absolute Gasteiger partial charge is 0.482 e. The standard InChI is InChI=1S/C10H11BrFNO2/c1-2-13-10(14)6-15-9-5-7(12)3-4-8(9)11/h3-5H,2,6H2,1H3,(H,13,14). The smallest absolute Gasteiger partial charge is 0.257 e. The highest BCUT2D eigenvalue weighted by Gasteiger charge is 2.05. The van der Waals surface area contributed by atoms with Gasteiger partial charge in [0.1, 0.15) is 11.6 Å². The van der Waals surface area contributed by atoms with Gasteiger partial charge in [0.25, 0.3) is 5.91 Å². The molecule has 0 heterocycles. The van der Waals surface area contributed by atoms with Crippen LogP contribution in [0.5, 0.6) is 5.75 Å². The molecule has 0 unspecified atom stereocenters. The lowest BCUT2D eigenvalue weighted by molar-refractivity contribution is -0.123. The summed E-state index contributed by atoms with van der Waals surface area (Å²) in [6.07, 6.45) is 0. The van der Waals surface area contributed by atoms with Gasteiger partial charge in [-0.15, -0.1) is 0 Å². The second-order valence-electron chi connectivity index (χ2n) is 2.82. The number of ether oxygens (including phenoxy) is 1. The van der Waals surface area contributed by atoms with Gasteiger partial charge in [-0.05, 0) is 35.0 Å². The van der Waals surface area contributed by atoms with E-state index in [1.165, 1.54) is 18.2 Å². The van der Waals surface area contributed by atoms with Crippen LogP contribution >= 0.6 is 15.9 Å². The maximum absolute atomic E-state index is 12.8. The summed E-state index contributed by atoms with van der Waals surface area (Å²) in [6, 6.07) is 4.06. The zero-order chi connectivity index (χ0) is 11.3. The van der Waals surface area contributed by atoms with Crippen molar-refractivity contribution in [2.24, 2.45) is 0 Å². The molecule has 0 saturated heterocycles. The molecule has 0 spiro atoms. The minimum Gasteiger partial charge on any atom is -0.482 e. The highest BCUT2D eigenvalue weighted by Crippen LogP contribution is 2.25. The third kappa shape index (κ3) is 3.87. The summed E-state index contributed by atoms with van der Waals surface area (Å²) in [4.78, 5) is 11.1. The van der Waals surface area contributed by atoms with Gasteiger partial charge in [0.15, 0.2) is 6.61 Å². The van der Waals surface area contributed by atoms with E-state index in [1.807, 2.05) is 6.92 Å². The number of likely N-dealkylation sites (N-methyl/N-ethyl adjacent to an activating group) is 1. The van der Waals surface area contributed by atoms with Gasteiger partial charge in [0, 0.05) is 12.6 Å². The molecule has 1 N–H and O–H groups in total. The zero-order valence-corrected chi connectivity index (χ0v) is 9.80. The summed E-state index contributed by atoms with van der Waals surface area (Å²) in [7, 11) is 0. The lowest BCUT2D eigenvalue weighted by Gasteiger charge is -2.07. The Morgan fingerprint density at radius 1 is 1.60 bits per heavy atom. The molecule has 0 aliphatic rings. The second-order valence-corrected chi connectivity index (χ2v) is 3.67. The molecule has 0 aliphatic carbocycles. The summed E-state index contributed by atoms with van der Waals surface area (Å²) in [5.41, 5.74) is 0. The summed E-state index contributed by atoms with van der Waals surface area (Å²) in [5, 5.41) is 2.58. The molecule has 3 nitrogen and oxygen atoms in total. The number of hydrogen-bond donors (Lipinski definition) is 1. The minimum atomic E-state index is -0.399. The highest BCUT2D eigenvalue weighted by atomic mass is 79.9. The maximum Gasteiger partial charge on any atom is 0.257 e. The first-order valence-corrected chi connectivity index (χ1v) is 5.27. The predicted molar refractivity (Wildman–Crippen MR) is 58.3 cm³/mol. The topological polar surface area (TPSA) is 38.3 Å². The molecule has 1 amide bonds. The molecule has 0 radical (unpaired) electrons. The van der Waals surface area contributed by atoms with E-state index in [2.05, 4.69) is 21.2 Å². The number of hydrogen-bond acceptors (Lipinski definition) is 2. The monoisotopic (exact) mass is 275 g/mol. The molecular formula is C10H11BrFNO2. The van der Waals surface area contributed by atoms with Crippen LogP contribution in [0.25, 0.3) is 0 Å². The third-order valence-electron chi connectivity index (χ3n) is 1.63. The van der Waals surface area contributed by atoms with Gasteiger partial charge in [-0.1, -0.05) is 0 Å². The molecule has 0 aromatic heterocycles. The van der Waals surface area contributed by atoms with Gasteiger partial charge in [-0.25, -0.2) is 4.39 Å². The summed E-state index contributed by atoms with van der Waals surface area (Å²) < 4.78 is 18.6. The Hall–Kier alpha value is -1.10. The van der Waals surface area contributed by atoms with Crippen molar-refractivity contribution >= 4 is 21.8 Å². The lowest BCUT2D eigenvalue weighted by atomic mass is 10.3. The van der Waals surface area contributed by atoms with Gasteiger partial charge < -0.3 is 10.1 Å². The van der Waals surface area contributed by atoms with E-state index >= 15 is 0 Å². The van der Waals surface area contributed by atoms with Gasteiger partial charge >= 0.3 is 0 Å². The highest BCUT2D eigenvalue weighted by molar-refractivity contribution is 9.10. The molecule has 15 heavy (non-hydrogen) atoms. The SMILES string of the molecule is CCNC(=O)COc1cc(F)ccc1Br. The van der Waals surface area contributed by atoms with Crippen LogP contribution in [0.4, 0.5) is 4.39 Å². The molecule has 0 aliphatic heterocycles. The Morgan fingerprint density at radius 2 is 2.33 bits per heavy atom. The first-order chi connectivity index (χ1) is 7.13. The molecule has 82 valence electrons. The fraction of sp³-hybridized carbons (Fsp3) is 0.300. The summed E-state index contributed by atoms with van der Waals surface area (Å²) >= 11 is 3.20. The van der Waals surface area contributed by atoms with E-state index in [4.69, 9.17) is 4.74 Å². The second kappa shape index (κ2) is 5.70. The summed E-state index contributed by atoms with van der Waals surface area (Å²) in [5.74, 6) is -0.306. The van der Waals surface area contributed by atoms with E-state index in [-0.39, 0.29) is 12.5 Å². The number of nitrogens with one attached hydrogen (secondary N) is 1. The average Bonchev–Trinajstić information content (AvgIpc) is 2.20. The Labute approximate surface area is 95.7 Å². The molecule has 1 aromatic rings. The van der Waals surface area contributed by atoms with Crippen molar-refractivity contribution in [1.29, 1.82) is 0 Å². The van der Waals surface area contributed by atoms with Crippen molar-refractivity contribution < 1.29 is 13.9 Å². The summed E-state index contributed by atoms with van der Waals surface area (Å²) in [6.45, 7) is 2.25. The van der Waals surface area contributed by atoms with Crippen LogP contribution in [0.15, 0.2) is 22.7 Å². The minimum absolute atomic E-state index is 0.115. The number of benzene rings is 1. The van der Waals surface area contributed by atoms with Crippen molar-refractivity contribution in [3.05, 3.63) is 28.5 Å². The molecule has 1 aromatic carbocycles. The van der Waals surface area contributed by atoms with Crippen molar-refractivity contribution in [2.75, 3.05) is 13.2 Å². The van der Waals surface area contributed by atoms with E-state index < -0.39 is 5.82 Å². The molecule has 1 rings (SSSR count). The van der Waals surface area contributed by atoms with Gasteiger partial charge in [0.2, 0.25) is 0 Å². The predicted octanol–water partition coefficient (Wildman–Crippen LogP) is 2.10.